The molecule has 0 saturated carbocycles. The van der Waals surface area contributed by atoms with Crippen LogP contribution in [0.15, 0.2) is 36.5 Å². The van der Waals surface area contributed by atoms with E-state index in [-0.39, 0.29) is 12.5 Å². The summed E-state index contributed by atoms with van der Waals surface area (Å²) in [6.07, 6.45) is 38.7. The number of carbonyl (C=O) groups excluding carboxylic acids is 1. The molecule has 2 heterocycles. The highest BCUT2D eigenvalue weighted by molar-refractivity contribution is 5.76. The molecule has 2 rings (SSSR count). The number of rotatable bonds is 48. The zero-order valence-corrected chi connectivity index (χ0v) is 46.6. The summed E-state index contributed by atoms with van der Waals surface area (Å²) in [6, 6.07) is -0.827. The van der Waals surface area contributed by atoms with Gasteiger partial charge < -0.3 is 65.1 Å². The maximum atomic E-state index is 13.2. The minimum Gasteiger partial charge on any atom is -0.394 e. The molecule has 14 heteroatoms. The van der Waals surface area contributed by atoms with Gasteiger partial charge in [-0.1, -0.05) is 224 Å². The summed E-state index contributed by atoms with van der Waals surface area (Å²) in [4.78, 5) is 13.2. The zero-order valence-electron chi connectivity index (χ0n) is 46.6. The first-order chi connectivity index (χ1) is 36.1. The average molecular weight is 1050 g/mol. The molecule has 14 nitrogen and oxygen atoms in total. The smallest absolute Gasteiger partial charge is 0.220 e. The standard InChI is InChI=1S/C60H111NO13/c1-3-5-7-9-11-13-15-16-17-18-19-20-21-22-23-24-25-26-27-28-29-30-31-32-34-36-38-40-42-44-52(65)61-48(49(64)43-41-39-37-35-33-14-12-10-8-6-4-2)47-71-59-57(70)55(68)58(51(46-63)73-59)74-60-56(69)54(67)53(66)50(45-62)72-60/h15-16,18-19,21-22,48-51,53-60,62-64,66-70H,3-14,17,20,23-47H2,1-2H3,(H,61,65)/b16-15-,19-18-,22-21-. The third-order valence-corrected chi connectivity index (χ3v) is 14.9. The van der Waals surface area contributed by atoms with Crippen molar-refractivity contribution in [3.63, 3.8) is 0 Å². The number of nitrogens with one attached hydrogen (secondary N) is 1. The molecule has 1 amide bonds. The molecular weight excluding hydrogens is 943 g/mol. The fourth-order valence-corrected chi connectivity index (χ4v) is 9.95. The summed E-state index contributed by atoms with van der Waals surface area (Å²) in [5, 5.41) is 87.1. The second-order valence-corrected chi connectivity index (χ2v) is 21.5. The minimum atomic E-state index is -1.78. The topological polar surface area (TPSA) is 228 Å². The lowest BCUT2D eigenvalue weighted by atomic mass is 9.97. The number of hydrogen-bond acceptors (Lipinski definition) is 13. The second-order valence-electron chi connectivity index (χ2n) is 21.5. The Balaban J connectivity index is 1.66. The molecule has 2 saturated heterocycles. The summed E-state index contributed by atoms with van der Waals surface area (Å²) in [5.74, 6) is -0.208. The predicted molar refractivity (Wildman–Crippen MR) is 295 cm³/mol. The van der Waals surface area contributed by atoms with Crippen LogP contribution in [0.25, 0.3) is 0 Å². The number of carbonyl (C=O) groups is 1. The highest BCUT2D eigenvalue weighted by Crippen LogP contribution is 2.30. The first-order valence-electron chi connectivity index (χ1n) is 30.2. The van der Waals surface area contributed by atoms with Gasteiger partial charge in [0.1, 0.15) is 48.8 Å². The van der Waals surface area contributed by atoms with Crippen LogP contribution < -0.4 is 5.32 Å². The first-order valence-corrected chi connectivity index (χ1v) is 30.2. The number of unbranched alkanes of at least 4 members (excludes halogenated alkanes) is 29. The molecule has 12 atom stereocenters. The molecule has 0 radical (unpaired) electrons. The van der Waals surface area contributed by atoms with E-state index in [0.717, 1.165) is 64.2 Å². The van der Waals surface area contributed by atoms with E-state index in [4.69, 9.17) is 18.9 Å². The molecule has 2 fully saturated rings. The highest BCUT2D eigenvalue weighted by Gasteiger charge is 2.51. The summed E-state index contributed by atoms with van der Waals surface area (Å²) in [7, 11) is 0. The van der Waals surface area contributed by atoms with Crippen LogP contribution in [0, 0.1) is 0 Å². The third-order valence-electron chi connectivity index (χ3n) is 14.9. The molecule has 0 aliphatic carbocycles. The van der Waals surface area contributed by atoms with Gasteiger partial charge in [-0.3, -0.25) is 4.79 Å². The highest BCUT2D eigenvalue weighted by atomic mass is 16.7. The number of allylic oxidation sites excluding steroid dienone is 6. The SMILES string of the molecule is CCCCCCC/C=C\C/C=C\C/C=C\CCCCCCCCCCCCCCCCC(=O)NC(COC1OC(CO)C(OC2OC(CO)C(O)C(O)C2O)C(O)C1O)C(O)CCCCCCCCCCCCC. The monoisotopic (exact) mass is 1050 g/mol. The van der Waals surface area contributed by atoms with E-state index in [1.54, 1.807) is 0 Å². The maximum Gasteiger partial charge on any atom is 0.220 e. The molecule has 0 spiro atoms. The molecule has 9 N–H and O–H groups in total. The van der Waals surface area contributed by atoms with Crippen molar-refractivity contribution < 1.29 is 64.6 Å². The maximum absolute atomic E-state index is 13.2. The van der Waals surface area contributed by atoms with Crippen molar-refractivity contribution in [1.29, 1.82) is 0 Å². The Hall–Kier alpha value is -1.79. The van der Waals surface area contributed by atoms with Gasteiger partial charge in [0, 0.05) is 6.42 Å². The van der Waals surface area contributed by atoms with Gasteiger partial charge in [0.2, 0.25) is 5.91 Å². The molecule has 74 heavy (non-hydrogen) atoms. The van der Waals surface area contributed by atoms with E-state index < -0.39 is 86.8 Å². The molecule has 434 valence electrons. The van der Waals surface area contributed by atoms with Gasteiger partial charge in [0.15, 0.2) is 12.6 Å². The van der Waals surface area contributed by atoms with Crippen molar-refractivity contribution in [2.45, 2.75) is 319 Å². The molecule has 0 aromatic rings. The summed E-state index contributed by atoms with van der Waals surface area (Å²) in [5.41, 5.74) is 0. The van der Waals surface area contributed by atoms with Crippen LogP contribution in [0.5, 0.6) is 0 Å². The second kappa shape index (κ2) is 46.2. The van der Waals surface area contributed by atoms with Crippen molar-refractivity contribution in [3.8, 4) is 0 Å². The summed E-state index contributed by atoms with van der Waals surface area (Å²) >= 11 is 0. The zero-order chi connectivity index (χ0) is 53.9. The number of aliphatic hydroxyl groups excluding tert-OH is 8. The van der Waals surface area contributed by atoms with Gasteiger partial charge in [0.25, 0.3) is 0 Å². The van der Waals surface area contributed by atoms with Gasteiger partial charge in [-0.15, -0.1) is 0 Å². The summed E-state index contributed by atoms with van der Waals surface area (Å²) in [6.45, 7) is 2.84. The fourth-order valence-electron chi connectivity index (χ4n) is 9.95. The normalized spacial score (nSPS) is 25.4. The Bertz CT molecular complexity index is 1380. The number of amides is 1. The van der Waals surface area contributed by atoms with Crippen molar-refractivity contribution in [2.24, 2.45) is 0 Å². The Morgan fingerprint density at radius 1 is 0.486 bits per heavy atom. The number of ether oxygens (including phenoxy) is 4. The molecule has 0 aromatic carbocycles. The van der Waals surface area contributed by atoms with Gasteiger partial charge in [0.05, 0.1) is 32.0 Å². The van der Waals surface area contributed by atoms with E-state index in [1.165, 1.54) is 154 Å². The van der Waals surface area contributed by atoms with Gasteiger partial charge in [-0.25, -0.2) is 0 Å². The molecule has 2 aliphatic heterocycles. The van der Waals surface area contributed by atoms with Crippen LogP contribution >= 0.6 is 0 Å². The number of hydrogen-bond donors (Lipinski definition) is 9. The van der Waals surface area contributed by atoms with Crippen LogP contribution in [-0.4, -0.2) is 140 Å². The van der Waals surface area contributed by atoms with Crippen LogP contribution in [0.2, 0.25) is 0 Å². The van der Waals surface area contributed by atoms with Crippen molar-refractivity contribution in [1.82, 2.24) is 5.32 Å². The molecule has 0 bridgehead atoms. The lowest BCUT2D eigenvalue weighted by molar-refractivity contribution is -0.359. The molecule has 0 aromatic heterocycles. The van der Waals surface area contributed by atoms with E-state index >= 15 is 0 Å². The Morgan fingerprint density at radius 2 is 0.892 bits per heavy atom. The molecular formula is C60H111NO13. The van der Waals surface area contributed by atoms with Crippen LogP contribution in [0.1, 0.15) is 245 Å². The van der Waals surface area contributed by atoms with Gasteiger partial charge in [-0.2, -0.15) is 0 Å². The van der Waals surface area contributed by atoms with Crippen molar-refractivity contribution in [3.05, 3.63) is 36.5 Å². The lowest BCUT2D eigenvalue weighted by Crippen LogP contribution is -2.65. The van der Waals surface area contributed by atoms with Crippen molar-refractivity contribution in [2.75, 3.05) is 19.8 Å². The van der Waals surface area contributed by atoms with Crippen LogP contribution in [-0.2, 0) is 23.7 Å². The Kier molecular flexibility index (Phi) is 42.6. The predicted octanol–water partition coefficient (Wildman–Crippen LogP) is 10.2. The van der Waals surface area contributed by atoms with Crippen LogP contribution in [0.4, 0.5) is 0 Å². The average Bonchev–Trinajstić information content (AvgIpc) is 3.40. The third kappa shape index (κ3) is 31.6. The quantitative estimate of drug-likeness (QED) is 0.0204. The largest absolute Gasteiger partial charge is 0.394 e. The van der Waals surface area contributed by atoms with Crippen LogP contribution in [0.3, 0.4) is 0 Å². The Labute approximate surface area is 449 Å². The van der Waals surface area contributed by atoms with Gasteiger partial charge >= 0.3 is 0 Å². The van der Waals surface area contributed by atoms with Crippen molar-refractivity contribution >= 4 is 5.91 Å². The Morgan fingerprint density at radius 3 is 1.36 bits per heavy atom. The summed E-state index contributed by atoms with van der Waals surface area (Å²) < 4.78 is 22.8. The molecule has 2 aliphatic rings. The lowest BCUT2D eigenvalue weighted by Gasteiger charge is -2.46. The first kappa shape index (κ1) is 68.3. The van der Waals surface area contributed by atoms with E-state index in [9.17, 15) is 45.6 Å². The fraction of sp³-hybridized carbons (Fsp3) is 0.883. The minimum absolute atomic E-state index is 0.208. The van der Waals surface area contributed by atoms with Gasteiger partial charge in [-0.05, 0) is 51.4 Å². The van der Waals surface area contributed by atoms with E-state index in [1.807, 2.05) is 0 Å². The number of aliphatic hydroxyl groups is 8. The molecule has 12 unspecified atom stereocenters. The van der Waals surface area contributed by atoms with E-state index in [0.29, 0.717) is 12.8 Å². The van der Waals surface area contributed by atoms with E-state index in [2.05, 4.69) is 55.6 Å².